The van der Waals surface area contributed by atoms with E-state index < -0.39 is 10.1 Å². The largest absolute Gasteiger partial charge is 0.748 e. The van der Waals surface area contributed by atoms with Crippen LogP contribution in [0.3, 0.4) is 0 Å². The third kappa shape index (κ3) is 23.1. The van der Waals surface area contributed by atoms with E-state index in [1.165, 1.54) is 103 Å². The molecule has 1 rings (SSSR count). The SMILES string of the molecule is C=Cn1cc[n+](CCCCCCCCCCCCCCCCCC)c1.CS(=O)(=O)[O-]. The second-order valence-electron chi connectivity index (χ2n) is 8.29. The van der Waals surface area contributed by atoms with E-state index in [2.05, 4.69) is 36.8 Å². The molecule has 0 amide bonds. The van der Waals surface area contributed by atoms with Gasteiger partial charge in [0.2, 0.25) is 6.33 Å². The molecule has 0 N–H and O–H groups in total. The molecular weight excluding hydrogens is 396 g/mol. The van der Waals surface area contributed by atoms with Crippen molar-refractivity contribution in [3.05, 3.63) is 25.3 Å². The predicted octanol–water partition coefficient (Wildman–Crippen LogP) is 6.30. The Kier molecular flexibility index (Phi) is 19.0. The molecule has 1 aromatic heterocycles. The standard InChI is InChI=1S/C23H43N2.CH4O3S/c1-3-5-6-7-8-9-10-11-12-13-14-15-16-17-18-19-20-25-22-21-24(4-2)23-25;1-5(2,3)4/h4,21-23H,2-3,5-20H2,1H3;1H3,(H,2,3,4)/q+1;/p-1. The summed E-state index contributed by atoms with van der Waals surface area (Å²) in [5.41, 5.74) is 0. The van der Waals surface area contributed by atoms with Crippen LogP contribution in [0.1, 0.15) is 110 Å². The monoisotopic (exact) mass is 442 g/mol. The molecule has 5 nitrogen and oxygen atoms in total. The summed E-state index contributed by atoms with van der Waals surface area (Å²) in [4.78, 5) is 0. The van der Waals surface area contributed by atoms with Crippen LogP contribution in [0.2, 0.25) is 0 Å². The Balaban J connectivity index is 0.00000150. The van der Waals surface area contributed by atoms with Crippen LogP contribution in [0.15, 0.2) is 25.3 Å². The smallest absolute Gasteiger partial charge is 0.248 e. The fourth-order valence-electron chi connectivity index (χ4n) is 3.49. The van der Waals surface area contributed by atoms with E-state index in [4.69, 9.17) is 13.0 Å². The number of hydrogen-bond acceptors (Lipinski definition) is 3. The number of hydrogen-bond donors (Lipinski definition) is 0. The lowest BCUT2D eigenvalue weighted by Crippen LogP contribution is -2.30. The van der Waals surface area contributed by atoms with Crippen molar-refractivity contribution in [2.45, 2.75) is 116 Å². The Morgan fingerprint density at radius 2 is 1.20 bits per heavy atom. The Morgan fingerprint density at radius 3 is 1.53 bits per heavy atom. The fraction of sp³-hybridized carbons (Fsp3) is 0.792. The van der Waals surface area contributed by atoms with E-state index in [0.717, 1.165) is 6.54 Å². The van der Waals surface area contributed by atoms with Crippen molar-refractivity contribution < 1.29 is 17.5 Å². The highest BCUT2D eigenvalue weighted by atomic mass is 32.2. The lowest BCUT2D eigenvalue weighted by molar-refractivity contribution is -0.696. The van der Waals surface area contributed by atoms with E-state index in [-0.39, 0.29) is 0 Å². The molecular formula is C24H46N2O3S. The maximum Gasteiger partial charge on any atom is 0.248 e. The second kappa shape index (κ2) is 19.8. The molecule has 0 saturated carbocycles. The van der Waals surface area contributed by atoms with Crippen molar-refractivity contribution in [1.29, 1.82) is 0 Å². The number of unbranched alkanes of at least 4 members (excludes halogenated alkanes) is 15. The van der Waals surface area contributed by atoms with E-state index in [1.54, 1.807) is 0 Å². The molecule has 0 radical (unpaired) electrons. The molecule has 0 atom stereocenters. The fourth-order valence-corrected chi connectivity index (χ4v) is 3.49. The summed E-state index contributed by atoms with van der Waals surface area (Å²) in [5, 5.41) is 0. The maximum absolute atomic E-state index is 9.08. The Labute approximate surface area is 186 Å². The minimum atomic E-state index is -3.92. The number of imidazole rings is 1. The van der Waals surface area contributed by atoms with Crippen molar-refractivity contribution in [2.24, 2.45) is 0 Å². The molecule has 0 aliphatic rings. The van der Waals surface area contributed by atoms with Gasteiger partial charge >= 0.3 is 0 Å². The van der Waals surface area contributed by atoms with E-state index in [9.17, 15) is 0 Å². The quantitative estimate of drug-likeness (QED) is 0.152. The van der Waals surface area contributed by atoms with Gasteiger partial charge in [0.25, 0.3) is 0 Å². The highest BCUT2D eigenvalue weighted by molar-refractivity contribution is 7.84. The molecule has 0 aliphatic carbocycles. The number of aryl methyl sites for hydroxylation is 1. The molecule has 6 heteroatoms. The lowest BCUT2D eigenvalue weighted by atomic mass is 10.0. The first-order valence-corrected chi connectivity index (χ1v) is 13.8. The van der Waals surface area contributed by atoms with Gasteiger partial charge in [-0.2, -0.15) is 0 Å². The molecule has 1 heterocycles. The summed E-state index contributed by atoms with van der Waals surface area (Å²) in [6.07, 6.45) is 31.6. The zero-order valence-corrected chi connectivity index (χ0v) is 20.4. The topological polar surface area (TPSA) is 66.0 Å². The summed E-state index contributed by atoms with van der Waals surface area (Å²) in [6.45, 7) is 7.21. The minimum absolute atomic E-state index is 0.604. The van der Waals surface area contributed by atoms with Gasteiger partial charge in [-0.3, -0.25) is 0 Å². The second-order valence-corrected chi connectivity index (χ2v) is 9.70. The van der Waals surface area contributed by atoms with Gasteiger partial charge in [-0.05, 0) is 12.8 Å². The molecule has 0 fully saturated rings. The summed E-state index contributed by atoms with van der Waals surface area (Å²) in [6, 6.07) is 0. The van der Waals surface area contributed by atoms with Gasteiger partial charge in [0.05, 0.1) is 22.9 Å². The number of aromatic nitrogens is 2. The first-order chi connectivity index (χ1) is 14.4. The average molecular weight is 443 g/mol. The van der Waals surface area contributed by atoms with Crippen LogP contribution < -0.4 is 4.57 Å². The molecule has 0 spiro atoms. The minimum Gasteiger partial charge on any atom is -0.748 e. The van der Waals surface area contributed by atoms with Crippen LogP contribution in [0, 0.1) is 0 Å². The van der Waals surface area contributed by atoms with Gasteiger partial charge in [-0.15, -0.1) is 0 Å². The molecule has 0 unspecified atom stereocenters. The predicted molar refractivity (Wildman–Crippen MR) is 126 cm³/mol. The Hall–Kier alpha value is -1.14. The Bertz CT molecular complexity index is 604. The van der Waals surface area contributed by atoms with Crippen LogP contribution in [-0.2, 0) is 16.7 Å². The van der Waals surface area contributed by atoms with E-state index >= 15 is 0 Å². The summed E-state index contributed by atoms with van der Waals surface area (Å²) >= 11 is 0. The molecule has 0 aliphatic heterocycles. The molecule has 176 valence electrons. The zero-order valence-electron chi connectivity index (χ0n) is 19.6. The van der Waals surface area contributed by atoms with Crippen molar-refractivity contribution in [3.63, 3.8) is 0 Å². The normalized spacial score (nSPS) is 11.2. The maximum atomic E-state index is 9.08. The average Bonchev–Trinajstić information content (AvgIpc) is 3.14. The van der Waals surface area contributed by atoms with Gasteiger partial charge in [0, 0.05) is 6.26 Å². The lowest BCUT2D eigenvalue weighted by Gasteiger charge is -2.03. The van der Waals surface area contributed by atoms with Crippen LogP contribution >= 0.6 is 0 Å². The zero-order chi connectivity index (χ0) is 22.5. The first kappa shape index (κ1) is 28.9. The van der Waals surface area contributed by atoms with Gasteiger partial charge in [0.1, 0.15) is 12.4 Å². The highest BCUT2D eigenvalue weighted by Gasteiger charge is 2.00. The third-order valence-corrected chi connectivity index (χ3v) is 5.19. The number of nitrogens with zero attached hydrogens (tertiary/aromatic N) is 2. The number of rotatable bonds is 18. The molecule has 30 heavy (non-hydrogen) atoms. The first-order valence-electron chi connectivity index (χ1n) is 12.0. The molecule has 0 bridgehead atoms. The van der Waals surface area contributed by atoms with Gasteiger partial charge in [-0.1, -0.05) is 103 Å². The summed E-state index contributed by atoms with van der Waals surface area (Å²) < 4.78 is 31.5. The third-order valence-electron chi connectivity index (χ3n) is 5.19. The Morgan fingerprint density at radius 1 is 0.833 bits per heavy atom. The van der Waals surface area contributed by atoms with Gasteiger partial charge in [-0.25, -0.2) is 17.6 Å². The summed E-state index contributed by atoms with van der Waals surface area (Å²) in [5.74, 6) is 0. The molecule has 0 saturated heterocycles. The molecule has 1 aromatic rings. The van der Waals surface area contributed by atoms with Crippen LogP contribution in [0.5, 0.6) is 0 Å². The van der Waals surface area contributed by atoms with Crippen molar-refractivity contribution in [2.75, 3.05) is 6.26 Å². The summed E-state index contributed by atoms with van der Waals surface area (Å²) in [7, 11) is -3.92. The molecule has 0 aromatic carbocycles. The highest BCUT2D eigenvalue weighted by Crippen LogP contribution is 2.13. The van der Waals surface area contributed by atoms with Crippen molar-refractivity contribution in [3.8, 4) is 0 Å². The van der Waals surface area contributed by atoms with Gasteiger partial charge in [0.15, 0.2) is 0 Å². The van der Waals surface area contributed by atoms with Crippen molar-refractivity contribution in [1.82, 2.24) is 4.57 Å². The van der Waals surface area contributed by atoms with E-state index in [1.807, 2.05) is 10.8 Å². The van der Waals surface area contributed by atoms with Crippen LogP contribution in [0.25, 0.3) is 6.20 Å². The van der Waals surface area contributed by atoms with Gasteiger partial charge < -0.3 is 4.55 Å². The van der Waals surface area contributed by atoms with Crippen LogP contribution in [0.4, 0.5) is 0 Å². The van der Waals surface area contributed by atoms with E-state index in [0.29, 0.717) is 6.26 Å². The van der Waals surface area contributed by atoms with Crippen molar-refractivity contribution >= 4 is 16.3 Å². The van der Waals surface area contributed by atoms with Crippen LogP contribution in [-0.4, -0.2) is 23.8 Å².